The van der Waals surface area contributed by atoms with Gasteiger partial charge in [-0.15, -0.1) is 0 Å². The molecule has 0 spiro atoms. The third kappa shape index (κ3) is 3.48. The molecular formula is C22H30N4O. The SMILES string of the molecule is CCc1nc(C(C)C)ccc1-c1nc2c(C)cn([C@H](C)CO)c2nc1CC. The summed E-state index contributed by atoms with van der Waals surface area (Å²) in [5.74, 6) is 0.403. The lowest BCUT2D eigenvalue weighted by molar-refractivity contribution is 0.241. The molecule has 27 heavy (non-hydrogen) atoms. The number of rotatable bonds is 6. The highest BCUT2D eigenvalue weighted by atomic mass is 16.3. The maximum absolute atomic E-state index is 9.58. The number of hydrogen-bond donors (Lipinski definition) is 1. The Labute approximate surface area is 161 Å². The van der Waals surface area contributed by atoms with Crippen molar-refractivity contribution in [2.45, 2.75) is 66.3 Å². The number of aliphatic hydroxyl groups is 1. The summed E-state index contributed by atoms with van der Waals surface area (Å²) in [5.41, 5.74) is 7.99. The molecule has 5 nitrogen and oxygen atoms in total. The predicted molar refractivity (Wildman–Crippen MR) is 110 cm³/mol. The van der Waals surface area contributed by atoms with E-state index in [2.05, 4.69) is 39.8 Å². The molecule has 144 valence electrons. The van der Waals surface area contributed by atoms with Gasteiger partial charge in [-0.3, -0.25) is 4.98 Å². The van der Waals surface area contributed by atoms with Crippen molar-refractivity contribution in [2.24, 2.45) is 0 Å². The third-order valence-electron chi connectivity index (χ3n) is 5.15. The van der Waals surface area contributed by atoms with Gasteiger partial charge in [-0.05, 0) is 50.3 Å². The number of aryl methyl sites for hydroxylation is 3. The summed E-state index contributed by atoms with van der Waals surface area (Å²) in [6.07, 6.45) is 3.70. The van der Waals surface area contributed by atoms with Crippen LogP contribution in [0, 0.1) is 6.92 Å². The summed E-state index contributed by atoms with van der Waals surface area (Å²) in [7, 11) is 0. The van der Waals surface area contributed by atoms with Crippen LogP contribution in [0.15, 0.2) is 18.3 Å². The molecule has 3 rings (SSSR count). The summed E-state index contributed by atoms with van der Waals surface area (Å²) in [6.45, 7) is 12.7. The first-order valence-electron chi connectivity index (χ1n) is 9.90. The highest BCUT2D eigenvalue weighted by molar-refractivity contribution is 5.80. The average molecular weight is 367 g/mol. The summed E-state index contributed by atoms with van der Waals surface area (Å²) in [4.78, 5) is 14.9. The number of hydrogen-bond acceptors (Lipinski definition) is 4. The molecule has 0 bridgehead atoms. The van der Waals surface area contributed by atoms with Gasteiger partial charge in [-0.25, -0.2) is 9.97 Å². The van der Waals surface area contributed by atoms with E-state index in [1.54, 1.807) is 0 Å². The van der Waals surface area contributed by atoms with Gasteiger partial charge in [-0.1, -0.05) is 27.7 Å². The number of pyridine rings is 1. The van der Waals surface area contributed by atoms with Crippen LogP contribution in [0.4, 0.5) is 0 Å². The summed E-state index contributed by atoms with van der Waals surface area (Å²) in [5, 5.41) is 9.58. The average Bonchev–Trinajstić information content (AvgIpc) is 3.01. The van der Waals surface area contributed by atoms with Gasteiger partial charge < -0.3 is 9.67 Å². The molecule has 0 unspecified atom stereocenters. The molecule has 0 amide bonds. The van der Waals surface area contributed by atoms with Crippen LogP contribution in [0.1, 0.15) is 69.2 Å². The lowest BCUT2D eigenvalue weighted by Crippen LogP contribution is -2.10. The molecule has 0 aliphatic carbocycles. The molecule has 0 radical (unpaired) electrons. The Balaban J connectivity index is 2.25. The van der Waals surface area contributed by atoms with Crippen LogP contribution in [0.2, 0.25) is 0 Å². The quantitative estimate of drug-likeness (QED) is 0.692. The summed E-state index contributed by atoms with van der Waals surface area (Å²) in [6, 6.07) is 4.24. The Morgan fingerprint density at radius 3 is 2.30 bits per heavy atom. The lowest BCUT2D eigenvalue weighted by atomic mass is 10.0. The summed E-state index contributed by atoms with van der Waals surface area (Å²) >= 11 is 0. The van der Waals surface area contributed by atoms with Crippen molar-refractivity contribution in [3.05, 3.63) is 41.0 Å². The molecule has 5 heteroatoms. The fourth-order valence-corrected chi connectivity index (χ4v) is 3.45. The van der Waals surface area contributed by atoms with Gasteiger partial charge in [0.15, 0.2) is 5.65 Å². The normalized spacial score (nSPS) is 12.9. The largest absolute Gasteiger partial charge is 0.394 e. The molecule has 0 aliphatic heterocycles. The van der Waals surface area contributed by atoms with Gasteiger partial charge in [-0.2, -0.15) is 0 Å². The molecule has 3 aromatic heterocycles. The van der Waals surface area contributed by atoms with E-state index in [0.717, 1.165) is 57.9 Å². The van der Waals surface area contributed by atoms with Gasteiger partial charge in [0.05, 0.1) is 24.0 Å². The fourth-order valence-electron chi connectivity index (χ4n) is 3.45. The fraction of sp³-hybridized carbons (Fsp3) is 0.500. The monoisotopic (exact) mass is 366 g/mol. The first-order chi connectivity index (χ1) is 12.9. The summed E-state index contributed by atoms with van der Waals surface area (Å²) < 4.78 is 2.03. The highest BCUT2D eigenvalue weighted by Gasteiger charge is 2.19. The maximum atomic E-state index is 9.58. The third-order valence-corrected chi connectivity index (χ3v) is 5.15. The predicted octanol–water partition coefficient (Wildman–Crippen LogP) is 4.60. The van der Waals surface area contributed by atoms with E-state index < -0.39 is 0 Å². The van der Waals surface area contributed by atoms with E-state index in [1.807, 2.05) is 24.6 Å². The lowest BCUT2D eigenvalue weighted by Gasteiger charge is -2.15. The molecule has 3 aromatic rings. The first-order valence-corrected chi connectivity index (χ1v) is 9.90. The van der Waals surface area contributed by atoms with Crippen LogP contribution < -0.4 is 0 Å². The van der Waals surface area contributed by atoms with Gasteiger partial charge in [0.2, 0.25) is 0 Å². The zero-order valence-electron chi connectivity index (χ0n) is 17.2. The molecular weight excluding hydrogens is 336 g/mol. The van der Waals surface area contributed by atoms with Crippen molar-refractivity contribution in [2.75, 3.05) is 6.61 Å². The van der Waals surface area contributed by atoms with Crippen LogP contribution in [-0.2, 0) is 12.8 Å². The molecule has 0 saturated carbocycles. The molecule has 0 saturated heterocycles. The van der Waals surface area contributed by atoms with Crippen molar-refractivity contribution in [1.29, 1.82) is 0 Å². The van der Waals surface area contributed by atoms with E-state index >= 15 is 0 Å². The van der Waals surface area contributed by atoms with Crippen LogP contribution in [0.25, 0.3) is 22.4 Å². The van der Waals surface area contributed by atoms with Gasteiger partial charge in [0.25, 0.3) is 0 Å². The van der Waals surface area contributed by atoms with E-state index in [-0.39, 0.29) is 12.6 Å². The van der Waals surface area contributed by atoms with Crippen molar-refractivity contribution >= 4 is 11.2 Å². The van der Waals surface area contributed by atoms with Gasteiger partial charge in [0.1, 0.15) is 5.52 Å². The minimum atomic E-state index is -0.0238. The second-order valence-electron chi connectivity index (χ2n) is 7.53. The van der Waals surface area contributed by atoms with E-state index in [9.17, 15) is 5.11 Å². The van der Waals surface area contributed by atoms with Crippen molar-refractivity contribution in [3.63, 3.8) is 0 Å². The number of aromatic nitrogens is 4. The standard InChI is InChI=1S/C22H30N4O/c1-7-17-16(9-10-19(23-17)13(3)4)21-18(8-2)24-22-20(25-21)14(5)11-26(22)15(6)12-27/h9-11,13,15,27H,7-8,12H2,1-6H3/t15-/m1/s1. The Bertz CT molecular complexity index is 959. The Kier molecular flexibility index (Phi) is 5.61. The van der Waals surface area contributed by atoms with Crippen LogP contribution in [0.3, 0.4) is 0 Å². The second-order valence-corrected chi connectivity index (χ2v) is 7.53. The van der Waals surface area contributed by atoms with Crippen molar-refractivity contribution in [3.8, 4) is 11.3 Å². The van der Waals surface area contributed by atoms with E-state index in [1.165, 1.54) is 0 Å². The smallest absolute Gasteiger partial charge is 0.159 e. The van der Waals surface area contributed by atoms with Crippen molar-refractivity contribution < 1.29 is 5.11 Å². The highest BCUT2D eigenvalue weighted by Crippen LogP contribution is 2.30. The first kappa shape index (κ1) is 19.5. The minimum absolute atomic E-state index is 0.0238. The Morgan fingerprint density at radius 2 is 1.70 bits per heavy atom. The number of nitrogens with zero attached hydrogens (tertiary/aromatic N) is 4. The van der Waals surface area contributed by atoms with E-state index in [4.69, 9.17) is 15.0 Å². The Hall–Kier alpha value is -2.27. The molecule has 0 aliphatic rings. The molecule has 0 fully saturated rings. The molecule has 1 atom stereocenters. The van der Waals surface area contributed by atoms with Crippen LogP contribution >= 0.6 is 0 Å². The molecule has 3 heterocycles. The maximum Gasteiger partial charge on any atom is 0.159 e. The topological polar surface area (TPSA) is 63.8 Å². The second kappa shape index (κ2) is 7.77. The van der Waals surface area contributed by atoms with Crippen molar-refractivity contribution in [1.82, 2.24) is 19.5 Å². The van der Waals surface area contributed by atoms with Gasteiger partial charge >= 0.3 is 0 Å². The Morgan fingerprint density at radius 1 is 1.00 bits per heavy atom. The number of fused-ring (bicyclic) bond motifs is 1. The van der Waals surface area contributed by atoms with Gasteiger partial charge in [0, 0.05) is 23.1 Å². The zero-order valence-corrected chi connectivity index (χ0v) is 17.2. The van der Waals surface area contributed by atoms with Crippen LogP contribution in [0.5, 0.6) is 0 Å². The minimum Gasteiger partial charge on any atom is -0.394 e. The van der Waals surface area contributed by atoms with E-state index in [0.29, 0.717) is 5.92 Å². The molecule has 0 aromatic carbocycles. The number of aliphatic hydroxyl groups excluding tert-OH is 1. The molecule has 1 N–H and O–H groups in total. The zero-order chi connectivity index (χ0) is 19.7. The van der Waals surface area contributed by atoms with Crippen LogP contribution in [-0.4, -0.2) is 31.2 Å².